The third kappa shape index (κ3) is 4.07. The molecule has 2 aromatic carbocycles. The van der Waals surface area contributed by atoms with Gasteiger partial charge in [-0.15, -0.1) is 0 Å². The van der Waals surface area contributed by atoms with Gasteiger partial charge in [0.15, 0.2) is 0 Å². The zero-order valence-corrected chi connectivity index (χ0v) is 18.7. The van der Waals surface area contributed by atoms with E-state index < -0.39 is 22.7 Å². The Kier molecular flexibility index (Phi) is 6.09. The lowest BCUT2D eigenvalue weighted by Gasteiger charge is -2.28. The lowest BCUT2D eigenvalue weighted by molar-refractivity contribution is -0.143. The second kappa shape index (κ2) is 8.10. The summed E-state index contributed by atoms with van der Waals surface area (Å²) in [7, 11) is 0. The molecule has 29 heavy (non-hydrogen) atoms. The predicted octanol–water partition coefficient (Wildman–Crippen LogP) is 7.14. The van der Waals surface area contributed by atoms with Crippen molar-refractivity contribution >= 4 is 46.3 Å². The fourth-order valence-electron chi connectivity index (χ4n) is 4.06. The number of carboxylic acid groups (broad SMARTS) is 1. The number of ether oxygens (including phenoxy) is 1. The molecule has 152 valence electrons. The van der Waals surface area contributed by atoms with Crippen molar-refractivity contribution in [3.63, 3.8) is 0 Å². The summed E-state index contributed by atoms with van der Waals surface area (Å²) in [4.78, 5) is 12.9. The highest BCUT2D eigenvalue weighted by Crippen LogP contribution is 2.70. The maximum Gasteiger partial charge on any atom is 0.314 e. The van der Waals surface area contributed by atoms with E-state index in [0.717, 1.165) is 5.56 Å². The third-order valence-corrected chi connectivity index (χ3v) is 6.27. The van der Waals surface area contributed by atoms with Crippen LogP contribution in [0.3, 0.4) is 0 Å². The van der Waals surface area contributed by atoms with Crippen LogP contribution < -0.4 is 4.74 Å². The third-order valence-electron chi connectivity index (χ3n) is 5.63. The molecule has 2 aromatic rings. The highest BCUT2D eigenvalue weighted by atomic mass is 35.5. The van der Waals surface area contributed by atoms with Gasteiger partial charge in [0.1, 0.15) is 16.0 Å². The van der Waals surface area contributed by atoms with E-state index >= 15 is 0 Å². The number of para-hydroxylation sites is 1. The first-order valence-corrected chi connectivity index (χ1v) is 10.4. The molecule has 3 nitrogen and oxygen atoms in total. The summed E-state index contributed by atoms with van der Waals surface area (Å²) in [6.07, 6.45) is 0.451. The first kappa shape index (κ1) is 21.8. The molecule has 1 fully saturated rings. The van der Waals surface area contributed by atoms with Crippen LogP contribution in [-0.4, -0.2) is 15.9 Å². The molecule has 2 atom stereocenters. The number of hydrogen-bond donors (Lipinski definition) is 1. The second-order valence-electron chi connectivity index (χ2n) is 7.98. The van der Waals surface area contributed by atoms with Crippen LogP contribution in [0.5, 0.6) is 11.5 Å². The van der Waals surface area contributed by atoms with Gasteiger partial charge in [-0.1, -0.05) is 79.6 Å². The molecule has 0 aromatic heterocycles. The molecule has 2 unspecified atom stereocenters. The number of carboxylic acids is 1. The van der Waals surface area contributed by atoms with Gasteiger partial charge in [-0.25, -0.2) is 0 Å². The normalized spacial score (nSPS) is 20.4. The van der Waals surface area contributed by atoms with Crippen molar-refractivity contribution in [2.75, 3.05) is 0 Å². The van der Waals surface area contributed by atoms with Crippen LogP contribution in [0.15, 0.2) is 64.7 Å². The lowest BCUT2D eigenvalue weighted by Crippen LogP contribution is -2.29. The quantitative estimate of drug-likeness (QED) is 0.456. The van der Waals surface area contributed by atoms with Crippen LogP contribution in [-0.2, 0) is 4.79 Å². The molecular weight excluding hydrogens is 427 g/mol. The molecule has 0 heterocycles. The lowest BCUT2D eigenvalue weighted by atomic mass is 9.77. The Labute approximate surface area is 186 Å². The van der Waals surface area contributed by atoms with Gasteiger partial charge < -0.3 is 9.84 Å². The molecule has 3 rings (SSSR count). The van der Waals surface area contributed by atoms with E-state index in [1.54, 1.807) is 6.92 Å². The SMILES string of the molecule is CC(=S)C(C(=C(Cl)Cl)C1(C(=O)O)CC1(C)C)c1cccc(Oc2ccccc2)c1. The Morgan fingerprint density at radius 3 is 2.17 bits per heavy atom. The number of aliphatic carboxylic acids is 1. The Bertz CT molecular complexity index is 981. The van der Waals surface area contributed by atoms with E-state index in [1.165, 1.54) is 0 Å². The Hall–Kier alpha value is -1.88. The minimum Gasteiger partial charge on any atom is -0.481 e. The second-order valence-corrected chi connectivity index (χ2v) is 9.57. The molecule has 0 saturated heterocycles. The fourth-order valence-corrected chi connectivity index (χ4v) is 4.86. The summed E-state index contributed by atoms with van der Waals surface area (Å²) in [5.41, 5.74) is -0.372. The van der Waals surface area contributed by atoms with E-state index in [9.17, 15) is 9.90 Å². The van der Waals surface area contributed by atoms with Crippen molar-refractivity contribution in [3.05, 3.63) is 70.2 Å². The molecule has 0 aliphatic heterocycles. The summed E-state index contributed by atoms with van der Waals surface area (Å²) in [5, 5.41) is 10.1. The van der Waals surface area contributed by atoms with Crippen LogP contribution in [0, 0.1) is 10.8 Å². The van der Waals surface area contributed by atoms with Gasteiger partial charge in [-0.05, 0) is 54.2 Å². The molecule has 1 aliphatic rings. The van der Waals surface area contributed by atoms with E-state index in [1.807, 2.05) is 68.4 Å². The summed E-state index contributed by atoms with van der Waals surface area (Å²) in [6, 6.07) is 16.9. The van der Waals surface area contributed by atoms with Gasteiger partial charge in [0, 0.05) is 10.8 Å². The van der Waals surface area contributed by atoms with Crippen LogP contribution in [0.1, 0.15) is 38.7 Å². The molecule has 0 bridgehead atoms. The average molecular weight is 449 g/mol. The Morgan fingerprint density at radius 1 is 1.10 bits per heavy atom. The topological polar surface area (TPSA) is 46.5 Å². The Balaban J connectivity index is 2.06. The van der Waals surface area contributed by atoms with E-state index in [2.05, 4.69) is 0 Å². The van der Waals surface area contributed by atoms with Gasteiger partial charge >= 0.3 is 5.97 Å². The first-order chi connectivity index (χ1) is 13.6. The molecule has 0 spiro atoms. The van der Waals surface area contributed by atoms with Gasteiger partial charge in [0.2, 0.25) is 0 Å². The number of benzene rings is 2. The zero-order chi connectivity index (χ0) is 21.4. The van der Waals surface area contributed by atoms with Gasteiger partial charge in [-0.3, -0.25) is 4.79 Å². The maximum atomic E-state index is 12.3. The van der Waals surface area contributed by atoms with Crippen molar-refractivity contribution in [1.82, 2.24) is 0 Å². The van der Waals surface area contributed by atoms with Crippen molar-refractivity contribution in [2.45, 2.75) is 33.1 Å². The smallest absolute Gasteiger partial charge is 0.314 e. The number of hydrogen-bond acceptors (Lipinski definition) is 3. The largest absolute Gasteiger partial charge is 0.481 e. The summed E-state index contributed by atoms with van der Waals surface area (Å²) in [5.74, 6) is -0.113. The number of carbonyl (C=O) groups is 1. The number of rotatable bonds is 7. The number of thiocarbonyl (C=S) groups is 1. The van der Waals surface area contributed by atoms with Crippen molar-refractivity contribution in [1.29, 1.82) is 0 Å². The molecule has 0 amide bonds. The summed E-state index contributed by atoms with van der Waals surface area (Å²) >= 11 is 18.1. The minimum absolute atomic E-state index is 0.0402. The molecule has 1 aliphatic carbocycles. The maximum absolute atomic E-state index is 12.3. The highest BCUT2D eigenvalue weighted by molar-refractivity contribution is 7.80. The average Bonchev–Trinajstić information content (AvgIpc) is 3.23. The van der Waals surface area contributed by atoms with Crippen LogP contribution in [0.2, 0.25) is 0 Å². The van der Waals surface area contributed by atoms with Gasteiger partial charge in [-0.2, -0.15) is 0 Å². The monoisotopic (exact) mass is 448 g/mol. The van der Waals surface area contributed by atoms with Gasteiger partial charge in [0.05, 0.1) is 5.41 Å². The van der Waals surface area contributed by atoms with Crippen molar-refractivity contribution in [2.24, 2.45) is 10.8 Å². The summed E-state index contributed by atoms with van der Waals surface area (Å²) in [6.45, 7) is 5.59. The summed E-state index contributed by atoms with van der Waals surface area (Å²) < 4.78 is 5.90. The minimum atomic E-state index is -1.15. The van der Waals surface area contributed by atoms with Crippen molar-refractivity contribution in [3.8, 4) is 11.5 Å². The zero-order valence-electron chi connectivity index (χ0n) is 16.4. The van der Waals surface area contributed by atoms with Gasteiger partial charge in [0.25, 0.3) is 0 Å². The van der Waals surface area contributed by atoms with E-state index in [0.29, 0.717) is 28.4 Å². The highest BCUT2D eigenvalue weighted by Gasteiger charge is 2.70. The fraction of sp³-hybridized carbons (Fsp3) is 0.304. The molecule has 6 heteroatoms. The molecule has 1 N–H and O–H groups in total. The van der Waals surface area contributed by atoms with Crippen LogP contribution in [0.4, 0.5) is 0 Å². The molecule has 0 radical (unpaired) electrons. The standard InChI is InChI=1S/C23H22Cl2O3S/c1-14(29)18(19(20(24)25)23(21(26)27)13-22(23,2)3)15-8-7-11-17(12-15)28-16-9-5-4-6-10-16/h4-12,18H,13H2,1-3H3,(H,26,27). The van der Waals surface area contributed by atoms with Crippen molar-refractivity contribution < 1.29 is 14.6 Å². The predicted molar refractivity (Wildman–Crippen MR) is 121 cm³/mol. The van der Waals surface area contributed by atoms with E-state index in [4.69, 9.17) is 40.2 Å². The molecule has 1 saturated carbocycles. The van der Waals surface area contributed by atoms with E-state index in [-0.39, 0.29) is 4.49 Å². The van der Waals surface area contributed by atoms with Crippen LogP contribution >= 0.6 is 35.4 Å². The number of halogens is 2. The molecular formula is C23H22Cl2O3S. The van der Waals surface area contributed by atoms with Crippen LogP contribution in [0.25, 0.3) is 0 Å². The Morgan fingerprint density at radius 2 is 1.69 bits per heavy atom. The first-order valence-electron chi connectivity index (χ1n) is 9.22.